The Balaban J connectivity index is 1.57. The van der Waals surface area contributed by atoms with Gasteiger partial charge in [-0.15, -0.1) is 0 Å². The van der Waals surface area contributed by atoms with E-state index >= 15 is 0 Å². The summed E-state index contributed by atoms with van der Waals surface area (Å²) in [5.74, 6) is -1.58. The summed E-state index contributed by atoms with van der Waals surface area (Å²) in [6.07, 6.45) is 0.677. The molecule has 1 fully saturated rings. The fraction of sp³-hybridized carbons (Fsp3) is 0.435. The summed E-state index contributed by atoms with van der Waals surface area (Å²) in [6, 6.07) is 9.63. The van der Waals surface area contributed by atoms with Crippen LogP contribution in [0, 0.1) is 17.6 Å². The largest absolute Gasteiger partial charge is 0.491 e. The van der Waals surface area contributed by atoms with Crippen LogP contribution in [0.5, 0.6) is 5.75 Å². The van der Waals surface area contributed by atoms with Gasteiger partial charge in [-0.3, -0.25) is 4.79 Å². The lowest BCUT2D eigenvalue weighted by Gasteiger charge is -2.31. The number of nitrogens with one attached hydrogen (secondary N) is 1. The Morgan fingerprint density at radius 3 is 2.28 bits per heavy atom. The van der Waals surface area contributed by atoms with Gasteiger partial charge < -0.3 is 10.1 Å². The second-order valence-electron chi connectivity index (χ2n) is 8.22. The van der Waals surface area contributed by atoms with Crippen molar-refractivity contribution in [3.63, 3.8) is 0 Å². The molecular weight excluding hydrogens is 438 g/mol. The van der Waals surface area contributed by atoms with Crippen molar-refractivity contribution >= 4 is 15.9 Å². The number of ether oxygens (including phenoxy) is 1. The second-order valence-corrected chi connectivity index (χ2v) is 10.1. The maximum Gasteiger partial charge on any atom is 0.246 e. The molecule has 2 aromatic carbocycles. The van der Waals surface area contributed by atoms with Crippen molar-refractivity contribution in [3.05, 3.63) is 59.7 Å². The Bertz CT molecular complexity index is 1050. The van der Waals surface area contributed by atoms with Gasteiger partial charge in [0, 0.05) is 19.0 Å². The standard InChI is InChI=1S/C23H28F2N2O4S/c1-15(2)31-20-7-4-17(5-8-20)16(3)26-23(28)18-10-12-27(13-11-18)32(29,30)22-14-19(24)6-9-21(22)25/h4-9,14-16,18H,10-13H2,1-3H3,(H,26,28). The van der Waals surface area contributed by atoms with Crippen molar-refractivity contribution in [2.24, 2.45) is 5.92 Å². The van der Waals surface area contributed by atoms with E-state index in [9.17, 15) is 22.0 Å². The number of amides is 1. The van der Waals surface area contributed by atoms with Gasteiger partial charge >= 0.3 is 0 Å². The van der Waals surface area contributed by atoms with Gasteiger partial charge in [-0.1, -0.05) is 12.1 Å². The van der Waals surface area contributed by atoms with Gasteiger partial charge in [0.15, 0.2) is 0 Å². The highest BCUT2D eigenvalue weighted by Crippen LogP contribution is 2.27. The molecule has 1 N–H and O–H groups in total. The highest BCUT2D eigenvalue weighted by Gasteiger charge is 2.34. The molecule has 174 valence electrons. The van der Waals surface area contributed by atoms with Gasteiger partial charge in [-0.25, -0.2) is 17.2 Å². The molecule has 1 atom stereocenters. The van der Waals surface area contributed by atoms with Crippen LogP contribution in [0.15, 0.2) is 47.4 Å². The Morgan fingerprint density at radius 1 is 1.06 bits per heavy atom. The van der Waals surface area contributed by atoms with Crippen LogP contribution in [-0.2, 0) is 14.8 Å². The molecule has 6 nitrogen and oxygen atoms in total. The van der Waals surface area contributed by atoms with E-state index in [1.807, 2.05) is 45.0 Å². The first-order chi connectivity index (χ1) is 15.1. The molecule has 0 saturated carbocycles. The molecule has 1 saturated heterocycles. The number of benzene rings is 2. The zero-order valence-electron chi connectivity index (χ0n) is 18.3. The van der Waals surface area contributed by atoms with Crippen LogP contribution in [0.25, 0.3) is 0 Å². The topological polar surface area (TPSA) is 75.7 Å². The summed E-state index contributed by atoms with van der Waals surface area (Å²) in [5.41, 5.74) is 0.927. The van der Waals surface area contributed by atoms with Crippen molar-refractivity contribution < 1.29 is 26.7 Å². The van der Waals surface area contributed by atoms with Crippen LogP contribution in [0.1, 0.15) is 45.2 Å². The van der Waals surface area contributed by atoms with E-state index in [1.54, 1.807) is 0 Å². The van der Waals surface area contributed by atoms with Gasteiger partial charge in [0.1, 0.15) is 22.3 Å². The zero-order chi connectivity index (χ0) is 23.5. The summed E-state index contributed by atoms with van der Waals surface area (Å²) >= 11 is 0. The van der Waals surface area contributed by atoms with Gasteiger partial charge in [-0.05, 0) is 69.5 Å². The molecule has 0 aliphatic carbocycles. The van der Waals surface area contributed by atoms with Crippen LogP contribution < -0.4 is 10.1 Å². The quantitative estimate of drug-likeness (QED) is 0.669. The van der Waals surface area contributed by atoms with E-state index in [2.05, 4.69) is 5.32 Å². The van der Waals surface area contributed by atoms with Crippen molar-refractivity contribution in [1.82, 2.24) is 9.62 Å². The number of piperidine rings is 1. The third-order valence-corrected chi connectivity index (χ3v) is 7.36. The van der Waals surface area contributed by atoms with E-state index in [4.69, 9.17) is 4.74 Å². The predicted molar refractivity (Wildman–Crippen MR) is 117 cm³/mol. The molecule has 9 heteroatoms. The number of sulfonamides is 1. The van der Waals surface area contributed by atoms with Crippen LogP contribution in [0.4, 0.5) is 8.78 Å². The highest BCUT2D eigenvalue weighted by molar-refractivity contribution is 7.89. The Kier molecular flexibility index (Phi) is 7.51. The first kappa shape index (κ1) is 24.1. The average Bonchev–Trinajstić information content (AvgIpc) is 2.75. The fourth-order valence-electron chi connectivity index (χ4n) is 3.69. The number of rotatable bonds is 7. The SMILES string of the molecule is CC(C)Oc1ccc(C(C)NC(=O)C2CCN(S(=O)(=O)c3cc(F)ccc3F)CC2)cc1. The van der Waals surface area contributed by atoms with Crippen molar-refractivity contribution in [1.29, 1.82) is 0 Å². The van der Waals surface area contributed by atoms with Crippen LogP contribution in [0.3, 0.4) is 0 Å². The Labute approximate surface area is 187 Å². The fourth-order valence-corrected chi connectivity index (χ4v) is 5.24. The van der Waals surface area contributed by atoms with E-state index in [1.165, 1.54) is 0 Å². The van der Waals surface area contributed by atoms with Crippen LogP contribution >= 0.6 is 0 Å². The summed E-state index contributed by atoms with van der Waals surface area (Å²) in [6.45, 7) is 5.89. The molecule has 0 spiro atoms. The molecule has 1 unspecified atom stereocenters. The first-order valence-corrected chi connectivity index (χ1v) is 12.0. The smallest absolute Gasteiger partial charge is 0.246 e. The molecule has 1 heterocycles. The van der Waals surface area contributed by atoms with Gasteiger partial charge in [0.05, 0.1) is 12.1 Å². The monoisotopic (exact) mass is 466 g/mol. The lowest BCUT2D eigenvalue weighted by molar-refractivity contribution is -0.126. The van der Waals surface area contributed by atoms with Crippen molar-refractivity contribution in [2.75, 3.05) is 13.1 Å². The lowest BCUT2D eigenvalue weighted by Crippen LogP contribution is -2.43. The molecule has 1 aliphatic rings. The summed E-state index contributed by atoms with van der Waals surface area (Å²) in [4.78, 5) is 12.0. The third-order valence-electron chi connectivity index (χ3n) is 5.45. The normalized spacial score (nSPS) is 16.7. The van der Waals surface area contributed by atoms with Crippen molar-refractivity contribution in [3.8, 4) is 5.75 Å². The van der Waals surface area contributed by atoms with Crippen LogP contribution in [-0.4, -0.2) is 37.8 Å². The number of nitrogens with zero attached hydrogens (tertiary/aromatic N) is 1. The Morgan fingerprint density at radius 2 is 1.69 bits per heavy atom. The first-order valence-electron chi connectivity index (χ1n) is 10.6. The average molecular weight is 467 g/mol. The lowest BCUT2D eigenvalue weighted by atomic mass is 9.96. The molecule has 0 aromatic heterocycles. The third kappa shape index (κ3) is 5.63. The van der Waals surface area contributed by atoms with E-state index in [0.29, 0.717) is 18.9 Å². The Hall–Kier alpha value is -2.52. The molecular formula is C23H28F2N2O4S. The maximum absolute atomic E-state index is 14.0. The minimum Gasteiger partial charge on any atom is -0.491 e. The summed E-state index contributed by atoms with van der Waals surface area (Å²) in [5, 5.41) is 2.97. The van der Waals surface area contributed by atoms with E-state index < -0.39 is 26.6 Å². The van der Waals surface area contributed by atoms with Gasteiger partial charge in [-0.2, -0.15) is 4.31 Å². The second kappa shape index (κ2) is 9.95. The molecule has 0 bridgehead atoms. The molecule has 32 heavy (non-hydrogen) atoms. The summed E-state index contributed by atoms with van der Waals surface area (Å²) in [7, 11) is -4.17. The molecule has 0 radical (unpaired) electrons. The molecule has 1 amide bonds. The number of halogens is 2. The predicted octanol–water partition coefficient (Wildman–Crippen LogP) is 4.03. The molecule has 3 rings (SSSR count). The van der Waals surface area contributed by atoms with E-state index in [0.717, 1.165) is 27.8 Å². The van der Waals surface area contributed by atoms with Gasteiger partial charge in [0.2, 0.25) is 15.9 Å². The number of hydrogen-bond donors (Lipinski definition) is 1. The van der Waals surface area contributed by atoms with E-state index in [-0.39, 0.29) is 37.1 Å². The maximum atomic E-state index is 14.0. The van der Waals surface area contributed by atoms with Gasteiger partial charge in [0.25, 0.3) is 0 Å². The minimum atomic E-state index is -4.17. The van der Waals surface area contributed by atoms with Crippen molar-refractivity contribution in [2.45, 2.75) is 50.7 Å². The number of hydrogen-bond acceptors (Lipinski definition) is 4. The molecule has 2 aromatic rings. The highest BCUT2D eigenvalue weighted by atomic mass is 32.2. The number of carbonyl (C=O) groups excluding carboxylic acids is 1. The zero-order valence-corrected chi connectivity index (χ0v) is 19.2. The summed E-state index contributed by atoms with van der Waals surface area (Å²) < 4.78 is 59.5. The van der Waals surface area contributed by atoms with Crippen LogP contribution in [0.2, 0.25) is 0 Å². The molecule has 1 aliphatic heterocycles. The minimum absolute atomic E-state index is 0.0615. The number of carbonyl (C=O) groups is 1.